The van der Waals surface area contributed by atoms with E-state index in [0.29, 0.717) is 0 Å². The van der Waals surface area contributed by atoms with Gasteiger partial charge in [0.1, 0.15) is 0 Å². The fourth-order valence-corrected chi connectivity index (χ4v) is 3.74. The minimum Gasteiger partial charge on any atom is -0.0596 e. The topological polar surface area (TPSA) is 0 Å². The average molecular weight is 313 g/mol. The molecule has 0 nitrogen and oxygen atoms in total. The van der Waals surface area contributed by atoms with E-state index in [1.165, 1.54) is 94.6 Å². The van der Waals surface area contributed by atoms with Crippen LogP contribution in [0.5, 0.6) is 0 Å². The quantitative estimate of drug-likeness (QED) is 0.382. The molecule has 0 bridgehead atoms. The van der Waals surface area contributed by atoms with Crippen LogP contribution in [-0.4, -0.2) is 0 Å². The summed E-state index contributed by atoms with van der Waals surface area (Å²) >= 11 is 0. The van der Waals surface area contributed by atoms with Gasteiger partial charge in [0.25, 0.3) is 0 Å². The molecule has 0 radical (unpaired) electrons. The highest BCUT2D eigenvalue weighted by Gasteiger charge is 2.36. The minimum atomic E-state index is 0.737. The lowest BCUT2D eigenvalue weighted by Crippen LogP contribution is -1.94. The van der Waals surface area contributed by atoms with Gasteiger partial charge >= 0.3 is 0 Å². The molecule has 0 heterocycles. The molecule has 0 saturated heterocycles. The largest absolute Gasteiger partial charge is 0.0596 e. The van der Waals surface area contributed by atoms with Crippen LogP contribution in [0.3, 0.4) is 0 Å². The minimum absolute atomic E-state index is 0.737. The summed E-state index contributed by atoms with van der Waals surface area (Å²) in [6.07, 6.45) is 18.4. The van der Waals surface area contributed by atoms with Crippen molar-refractivity contribution in [2.75, 3.05) is 0 Å². The molecule has 0 aliphatic heterocycles. The standard InChI is InChI=1S/C23H36/c1-22(16-17-22)14-6-3-4-8-20-10-12-21(13-11-20)9-5-7-15-23(2)18-19-23/h10-13H,3-9,14-19H2,1-2H3. The van der Waals surface area contributed by atoms with E-state index in [9.17, 15) is 0 Å². The fourth-order valence-electron chi connectivity index (χ4n) is 3.74. The number of aryl methyl sites for hydroxylation is 2. The van der Waals surface area contributed by atoms with Crippen molar-refractivity contribution in [3.63, 3.8) is 0 Å². The Labute approximate surface area is 144 Å². The molecule has 3 rings (SSSR count). The first kappa shape index (κ1) is 17.1. The third-order valence-electron chi connectivity index (χ3n) is 6.47. The number of hydrogen-bond donors (Lipinski definition) is 0. The highest BCUT2D eigenvalue weighted by molar-refractivity contribution is 5.22. The summed E-state index contributed by atoms with van der Waals surface area (Å²) < 4.78 is 0. The summed E-state index contributed by atoms with van der Waals surface area (Å²) in [5.74, 6) is 0. The summed E-state index contributed by atoms with van der Waals surface area (Å²) in [5, 5.41) is 0. The van der Waals surface area contributed by atoms with Gasteiger partial charge in [-0.1, -0.05) is 57.4 Å². The molecule has 0 atom stereocenters. The second-order valence-electron chi connectivity index (χ2n) is 9.21. The molecule has 1 aromatic rings. The van der Waals surface area contributed by atoms with Crippen molar-refractivity contribution in [3.8, 4) is 0 Å². The number of hydrogen-bond acceptors (Lipinski definition) is 0. The normalized spacial score (nSPS) is 20.4. The second-order valence-corrected chi connectivity index (χ2v) is 9.21. The monoisotopic (exact) mass is 312 g/mol. The van der Waals surface area contributed by atoms with E-state index in [0.717, 1.165) is 10.8 Å². The Morgan fingerprint density at radius 2 is 1.00 bits per heavy atom. The van der Waals surface area contributed by atoms with Gasteiger partial charge in [0.05, 0.1) is 0 Å². The molecule has 2 fully saturated rings. The van der Waals surface area contributed by atoms with Gasteiger partial charge in [0.2, 0.25) is 0 Å². The lowest BCUT2D eigenvalue weighted by Gasteiger charge is -2.08. The molecule has 2 aliphatic carbocycles. The van der Waals surface area contributed by atoms with Gasteiger partial charge in [-0.3, -0.25) is 0 Å². The van der Waals surface area contributed by atoms with Crippen LogP contribution in [0.2, 0.25) is 0 Å². The summed E-state index contributed by atoms with van der Waals surface area (Å²) in [6, 6.07) is 9.50. The van der Waals surface area contributed by atoms with E-state index in [1.54, 1.807) is 0 Å². The molecule has 0 N–H and O–H groups in total. The molecule has 0 heteroatoms. The lowest BCUT2D eigenvalue weighted by atomic mass is 9.97. The molecular formula is C23H36. The Hall–Kier alpha value is -0.780. The molecule has 23 heavy (non-hydrogen) atoms. The number of unbranched alkanes of at least 4 members (excludes halogenated alkanes) is 3. The Bertz CT molecular complexity index is 473. The van der Waals surface area contributed by atoms with Crippen LogP contribution in [0.1, 0.15) is 95.6 Å². The summed E-state index contributed by atoms with van der Waals surface area (Å²) in [4.78, 5) is 0. The van der Waals surface area contributed by atoms with E-state index in [1.807, 2.05) is 0 Å². The smallest absolute Gasteiger partial charge is 0.0279 e. The van der Waals surface area contributed by atoms with Crippen molar-refractivity contribution >= 4 is 0 Å². The van der Waals surface area contributed by atoms with Crippen LogP contribution in [0.15, 0.2) is 24.3 Å². The maximum absolute atomic E-state index is 2.46. The van der Waals surface area contributed by atoms with Gasteiger partial charge in [-0.2, -0.15) is 0 Å². The average Bonchev–Trinajstić information content (AvgIpc) is 3.45. The van der Waals surface area contributed by atoms with Gasteiger partial charge in [-0.15, -0.1) is 0 Å². The number of benzene rings is 1. The first-order valence-corrected chi connectivity index (χ1v) is 10.1. The van der Waals surface area contributed by atoms with Crippen molar-refractivity contribution < 1.29 is 0 Å². The van der Waals surface area contributed by atoms with E-state index in [4.69, 9.17) is 0 Å². The van der Waals surface area contributed by atoms with Crippen molar-refractivity contribution in [3.05, 3.63) is 35.4 Å². The van der Waals surface area contributed by atoms with Crippen LogP contribution < -0.4 is 0 Å². The van der Waals surface area contributed by atoms with E-state index >= 15 is 0 Å². The van der Waals surface area contributed by atoms with E-state index in [-0.39, 0.29) is 0 Å². The van der Waals surface area contributed by atoms with Gasteiger partial charge in [-0.25, -0.2) is 0 Å². The molecule has 128 valence electrons. The summed E-state index contributed by atoms with van der Waals surface area (Å²) in [7, 11) is 0. The van der Waals surface area contributed by atoms with Crippen LogP contribution in [-0.2, 0) is 12.8 Å². The molecule has 0 aromatic heterocycles. The predicted octanol–water partition coefficient (Wildman–Crippen LogP) is 7.10. The zero-order valence-corrected chi connectivity index (χ0v) is 15.5. The van der Waals surface area contributed by atoms with Gasteiger partial charge < -0.3 is 0 Å². The van der Waals surface area contributed by atoms with Crippen molar-refractivity contribution in [1.29, 1.82) is 0 Å². The maximum atomic E-state index is 2.46. The molecule has 2 saturated carbocycles. The highest BCUT2D eigenvalue weighted by Crippen LogP contribution is 2.49. The number of rotatable bonds is 11. The summed E-state index contributed by atoms with van der Waals surface area (Å²) in [6.45, 7) is 4.91. The molecular weight excluding hydrogens is 276 g/mol. The van der Waals surface area contributed by atoms with Crippen LogP contribution in [0, 0.1) is 10.8 Å². The van der Waals surface area contributed by atoms with Crippen LogP contribution >= 0.6 is 0 Å². The molecule has 0 spiro atoms. The van der Waals surface area contributed by atoms with Crippen LogP contribution in [0.25, 0.3) is 0 Å². The Morgan fingerprint density at radius 3 is 1.43 bits per heavy atom. The zero-order chi connectivity index (χ0) is 16.2. The second kappa shape index (κ2) is 7.41. The maximum Gasteiger partial charge on any atom is -0.0279 e. The molecule has 0 amide bonds. The zero-order valence-electron chi connectivity index (χ0n) is 15.5. The third kappa shape index (κ3) is 5.98. The van der Waals surface area contributed by atoms with E-state index in [2.05, 4.69) is 38.1 Å². The molecule has 1 aromatic carbocycles. The Kier molecular flexibility index (Phi) is 5.49. The highest BCUT2D eigenvalue weighted by atomic mass is 14.4. The van der Waals surface area contributed by atoms with Gasteiger partial charge in [-0.05, 0) is 86.2 Å². The van der Waals surface area contributed by atoms with Crippen molar-refractivity contribution in [2.24, 2.45) is 10.8 Å². The molecule has 0 unspecified atom stereocenters. The van der Waals surface area contributed by atoms with E-state index < -0.39 is 0 Å². The van der Waals surface area contributed by atoms with Crippen molar-refractivity contribution in [2.45, 2.75) is 97.3 Å². The van der Waals surface area contributed by atoms with Gasteiger partial charge in [0.15, 0.2) is 0 Å². The SMILES string of the molecule is CC1(CCCCCc2ccc(CCCCC3(C)CC3)cc2)CC1. The lowest BCUT2D eigenvalue weighted by molar-refractivity contribution is 0.475. The van der Waals surface area contributed by atoms with Crippen molar-refractivity contribution in [1.82, 2.24) is 0 Å². The Balaban J connectivity index is 1.26. The fraction of sp³-hybridized carbons (Fsp3) is 0.739. The first-order chi connectivity index (χ1) is 11.1. The van der Waals surface area contributed by atoms with Gasteiger partial charge in [0, 0.05) is 0 Å². The Morgan fingerprint density at radius 1 is 0.609 bits per heavy atom. The molecule has 2 aliphatic rings. The predicted molar refractivity (Wildman–Crippen MR) is 101 cm³/mol. The van der Waals surface area contributed by atoms with Crippen LogP contribution in [0.4, 0.5) is 0 Å². The first-order valence-electron chi connectivity index (χ1n) is 10.1. The summed E-state index contributed by atoms with van der Waals surface area (Å²) in [5.41, 5.74) is 4.56. The third-order valence-corrected chi connectivity index (χ3v) is 6.47.